The fourth-order valence-corrected chi connectivity index (χ4v) is 3.83. The molecule has 7 nitrogen and oxygen atoms in total. The van der Waals surface area contributed by atoms with E-state index in [1.54, 1.807) is 12.5 Å². The maximum absolute atomic E-state index is 12.4. The Hall–Kier alpha value is -1.46. The van der Waals surface area contributed by atoms with Gasteiger partial charge in [-0.1, -0.05) is 19.6 Å². The lowest BCUT2D eigenvalue weighted by Crippen LogP contribution is -2.47. The number of carbonyl (C=O) groups excluding carboxylic acids is 2. The highest BCUT2D eigenvalue weighted by atomic mass is 28.4. The highest BCUT2D eigenvalue weighted by Crippen LogP contribution is 2.08. The molecule has 25 heavy (non-hydrogen) atoms. The van der Waals surface area contributed by atoms with Crippen LogP contribution in [0.1, 0.15) is 18.5 Å². The molecule has 1 aromatic heterocycles. The number of rotatable bonds is 10. The third kappa shape index (κ3) is 10.2. The Balaban J connectivity index is 2.57. The molecule has 0 bridgehead atoms. The molecular formula is C16H32N4O3Si2. The highest BCUT2D eigenvalue weighted by molar-refractivity contribution is 6.73. The highest BCUT2D eigenvalue weighted by Gasteiger charge is 2.28. The summed E-state index contributed by atoms with van der Waals surface area (Å²) in [4.78, 5) is 35.1. The summed E-state index contributed by atoms with van der Waals surface area (Å²) in [6.45, 7) is 13.3. The van der Waals surface area contributed by atoms with Gasteiger partial charge in [-0.05, 0) is 32.6 Å². The van der Waals surface area contributed by atoms with Gasteiger partial charge in [0.25, 0.3) is 0 Å². The van der Waals surface area contributed by atoms with Crippen molar-refractivity contribution in [1.29, 1.82) is 0 Å². The van der Waals surface area contributed by atoms with E-state index in [-0.39, 0.29) is 11.9 Å². The largest absolute Gasteiger partial charge is 0.518 e. The second-order valence-electron chi connectivity index (χ2n) is 8.21. The molecule has 1 heterocycles. The second-order valence-corrected chi connectivity index (χ2v) is 17.5. The molecular weight excluding hydrogens is 352 g/mol. The topological polar surface area (TPSA) is 96.1 Å². The Morgan fingerprint density at radius 1 is 1.24 bits per heavy atom. The van der Waals surface area contributed by atoms with Crippen LogP contribution >= 0.6 is 0 Å². The molecule has 1 atom stereocenters. The van der Waals surface area contributed by atoms with Crippen LogP contribution in [0.2, 0.25) is 39.3 Å². The molecule has 1 aromatic rings. The van der Waals surface area contributed by atoms with Crippen LogP contribution in [-0.4, -0.2) is 51.0 Å². The minimum atomic E-state index is -2.02. The van der Waals surface area contributed by atoms with Crippen molar-refractivity contribution in [3.63, 3.8) is 0 Å². The summed E-state index contributed by atoms with van der Waals surface area (Å²) in [5.41, 5.74) is 0.790. The van der Waals surface area contributed by atoms with Gasteiger partial charge in [0, 0.05) is 24.7 Å². The third-order valence-corrected chi connectivity index (χ3v) is 5.37. The molecule has 0 saturated carbocycles. The lowest BCUT2D eigenvalue weighted by Gasteiger charge is -2.23. The zero-order chi connectivity index (χ0) is 19.1. The van der Waals surface area contributed by atoms with Gasteiger partial charge in [0.05, 0.1) is 6.33 Å². The summed E-state index contributed by atoms with van der Waals surface area (Å²) >= 11 is 0. The van der Waals surface area contributed by atoms with Gasteiger partial charge < -0.3 is 19.7 Å². The van der Waals surface area contributed by atoms with Gasteiger partial charge in [0.2, 0.25) is 14.2 Å². The van der Waals surface area contributed by atoms with E-state index in [1.807, 2.05) is 19.6 Å². The number of amides is 1. The first-order valence-electron chi connectivity index (χ1n) is 8.71. The van der Waals surface area contributed by atoms with Crippen LogP contribution in [0, 0.1) is 0 Å². The van der Waals surface area contributed by atoms with Crippen LogP contribution in [-0.2, 0) is 20.4 Å². The van der Waals surface area contributed by atoms with Crippen LogP contribution in [0.3, 0.4) is 0 Å². The molecule has 1 unspecified atom stereocenters. The number of H-pyrrole nitrogens is 1. The quantitative estimate of drug-likeness (QED) is 0.424. The molecule has 0 aliphatic carbocycles. The predicted octanol–water partition coefficient (Wildman–Crippen LogP) is 2.02. The van der Waals surface area contributed by atoms with Crippen LogP contribution in [0.25, 0.3) is 0 Å². The summed E-state index contributed by atoms with van der Waals surface area (Å²) in [7, 11) is -3.33. The van der Waals surface area contributed by atoms with Crippen molar-refractivity contribution >= 4 is 28.4 Å². The van der Waals surface area contributed by atoms with Crippen LogP contribution in [0.5, 0.6) is 0 Å². The maximum atomic E-state index is 12.4. The van der Waals surface area contributed by atoms with E-state index < -0.39 is 22.6 Å². The summed E-state index contributed by atoms with van der Waals surface area (Å²) < 4.78 is 5.56. The predicted molar refractivity (Wildman–Crippen MR) is 104 cm³/mol. The van der Waals surface area contributed by atoms with Crippen LogP contribution < -0.4 is 10.3 Å². The number of carbonyl (C=O) groups is 2. The molecule has 0 aromatic carbocycles. The van der Waals surface area contributed by atoms with Gasteiger partial charge in [-0.15, -0.1) is 0 Å². The average molecular weight is 385 g/mol. The fraction of sp³-hybridized carbons (Fsp3) is 0.688. The molecule has 0 spiro atoms. The lowest BCUT2D eigenvalue weighted by molar-refractivity contribution is -0.140. The Labute approximate surface area is 152 Å². The summed E-state index contributed by atoms with van der Waals surface area (Å²) in [5, 5.41) is 2.82. The standard InChI is InChI=1S/C16H32N4O3Si2/c1-24(2,3)19-9-7-8-15(21)20-14(10-13-11-17-12-18-13)16(22)23-25(4,5)6/h11-12,14,19H,7-10H2,1-6H3,(H,17,18)(H,20,21). The third-order valence-electron chi connectivity index (χ3n) is 3.24. The zero-order valence-electron chi connectivity index (χ0n) is 16.2. The maximum Gasteiger partial charge on any atom is 0.315 e. The molecule has 0 radical (unpaired) electrons. The minimum absolute atomic E-state index is 0.130. The number of imidazole rings is 1. The smallest absolute Gasteiger partial charge is 0.315 e. The van der Waals surface area contributed by atoms with Gasteiger partial charge in [0.1, 0.15) is 14.3 Å². The van der Waals surface area contributed by atoms with E-state index >= 15 is 0 Å². The normalized spacial score (nSPS) is 13.4. The van der Waals surface area contributed by atoms with Gasteiger partial charge in [-0.25, -0.2) is 4.98 Å². The summed E-state index contributed by atoms with van der Waals surface area (Å²) in [6.07, 6.45) is 4.69. The Bertz CT molecular complexity index is 551. The van der Waals surface area contributed by atoms with Crippen molar-refractivity contribution in [2.75, 3.05) is 6.54 Å². The molecule has 0 fully saturated rings. The molecule has 9 heteroatoms. The van der Waals surface area contributed by atoms with Gasteiger partial charge in [-0.3, -0.25) is 9.59 Å². The first-order chi connectivity index (χ1) is 11.5. The van der Waals surface area contributed by atoms with E-state index in [1.165, 1.54) is 0 Å². The van der Waals surface area contributed by atoms with Gasteiger partial charge in [0.15, 0.2) is 0 Å². The number of aromatic nitrogens is 2. The SMILES string of the molecule is C[Si](C)(C)NCCCC(=O)NC(Cc1cnc[nH]1)C(=O)O[Si](C)(C)C. The zero-order valence-corrected chi connectivity index (χ0v) is 18.2. The molecule has 1 rings (SSSR count). The van der Waals surface area contributed by atoms with E-state index in [2.05, 4.69) is 39.9 Å². The van der Waals surface area contributed by atoms with Crippen molar-refractivity contribution in [3.8, 4) is 0 Å². The molecule has 0 aliphatic heterocycles. The second kappa shape index (κ2) is 9.30. The van der Waals surface area contributed by atoms with Gasteiger partial charge in [-0.2, -0.15) is 0 Å². The minimum Gasteiger partial charge on any atom is -0.518 e. The summed E-state index contributed by atoms with van der Waals surface area (Å²) in [5.74, 6) is -0.503. The van der Waals surface area contributed by atoms with Crippen molar-refractivity contribution in [2.24, 2.45) is 0 Å². The molecule has 3 N–H and O–H groups in total. The molecule has 142 valence electrons. The average Bonchev–Trinajstić information content (AvgIpc) is 2.93. The van der Waals surface area contributed by atoms with E-state index in [0.29, 0.717) is 12.8 Å². The molecule has 0 saturated heterocycles. The first-order valence-corrected chi connectivity index (χ1v) is 15.6. The Morgan fingerprint density at radius 3 is 2.44 bits per heavy atom. The monoisotopic (exact) mass is 384 g/mol. The number of nitrogens with zero attached hydrogens (tertiary/aromatic N) is 1. The van der Waals surface area contributed by atoms with Crippen molar-refractivity contribution in [2.45, 2.75) is 64.6 Å². The molecule has 1 amide bonds. The van der Waals surface area contributed by atoms with Crippen molar-refractivity contribution < 1.29 is 14.0 Å². The summed E-state index contributed by atoms with van der Waals surface area (Å²) in [6, 6.07) is -0.690. The van der Waals surface area contributed by atoms with E-state index in [9.17, 15) is 9.59 Å². The fourth-order valence-electron chi connectivity index (χ4n) is 2.16. The molecule has 0 aliphatic rings. The lowest BCUT2D eigenvalue weighted by atomic mass is 10.1. The van der Waals surface area contributed by atoms with E-state index in [0.717, 1.165) is 18.7 Å². The van der Waals surface area contributed by atoms with Crippen molar-refractivity contribution in [1.82, 2.24) is 20.3 Å². The number of hydrogen-bond acceptors (Lipinski definition) is 5. The first kappa shape index (κ1) is 21.6. The number of aromatic amines is 1. The van der Waals surface area contributed by atoms with E-state index in [4.69, 9.17) is 4.43 Å². The van der Waals surface area contributed by atoms with Crippen LogP contribution in [0.15, 0.2) is 12.5 Å². The van der Waals surface area contributed by atoms with Crippen LogP contribution in [0.4, 0.5) is 0 Å². The Kier molecular flexibility index (Phi) is 8.03. The van der Waals surface area contributed by atoms with Gasteiger partial charge >= 0.3 is 5.97 Å². The Morgan fingerprint density at radius 2 is 1.92 bits per heavy atom. The number of nitrogens with one attached hydrogen (secondary N) is 3. The van der Waals surface area contributed by atoms with Crippen molar-refractivity contribution in [3.05, 3.63) is 18.2 Å². The number of hydrogen-bond donors (Lipinski definition) is 3.